The molecule has 5 nitrogen and oxygen atoms in total. The van der Waals surface area contributed by atoms with Crippen molar-refractivity contribution in [3.8, 4) is 0 Å². The number of rotatable bonds is 8. The van der Waals surface area contributed by atoms with Crippen molar-refractivity contribution in [1.82, 2.24) is 0 Å². The maximum absolute atomic E-state index is 11.7. The molecule has 0 aliphatic rings. The molecule has 0 aliphatic heterocycles. The monoisotopic (exact) mass is 231 g/mol. The minimum Gasteiger partial charge on any atom is -0.465 e. The van der Waals surface area contributed by atoms with Gasteiger partial charge in [-0.3, -0.25) is 4.79 Å². The van der Waals surface area contributed by atoms with E-state index in [-0.39, 0.29) is 18.5 Å². The summed E-state index contributed by atoms with van der Waals surface area (Å²) in [6.45, 7) is 8.36. The summed E-state index contributed by atoms with van der Waals surface area (Å²) < 4.78 is 5.15. The third kappa shape index (κ3) is 5.09. The fourth-order valence-corrected chi connectivity index (χ4v) is 0.893. The van der Waals surface area contributed by atoms with Crippen LogP contribution in [0.15, 0.2) is 5.34 Å². The minimum atomic E-state index is -0.457. The average Bonchev–Trinajstić information content (AvgIpc) is 2.22. The summed E-state index contributed by atoms with van der Waals surface area (Å²) in [5, 5.41) is 2.27. The molecule has 16 heavy (non-hydrogen) atoms. The number of unbranched alkanes of at least 4 members (excludes halogenated alkanes) is 1. The predicted octanol–water partition coefficient (Wildman–Crippen LogP) is 2.69. The van der Waals surface area contributed by atoms with E-state index in [9.17, 15) is 9.70 Å². The van der Waals surface area contributed by atoms with Crippen molar-refractivity contribution >= 4 is 5.97 Å². The van der Waals surface area contributed by atoms with E-state index in [0.717, 1.165) is 0 Å². The molecule has 0 aromatic heterocycles. The molecule has 0 fully saturated rings. The number of esters is 1. The Labute approximate surface area is 96.4 Å². The van der Waals surface area contributed by atoms with E-state index >= 15 is 0 Å². The van der Waals surface area contributed by atoms with Crippen LogP contribution in [-0.2, 0) is 14.4 Å². The molecule has 94 valence electrons. The van der Waals surface area contributed by atoms with Gasteiger partial charge in [-0.05, 0) is 32.6 Å². The quantitative estimate of drug-likeness (QED) is 0.279. The van der Waals surface area contributed by atoms with Crippen molar-refractivity contribution in [3.63, 3.8) is 0 Å². The Morgan fingerprint density at radius 3 is 2.31 bits per heavy atom. The zero-order chi connectivity index (χ0) is 12.6. The van der Waals surface area contributed by atoms with Gasteiger partial charge in [0.15, 0.2) is 5.34 Å². The molecule has 0 radical (unpaired) electrons. The van der Waals surface area contributed by atoms with Gasteiger partial charge in [0.2, 0.25) is 0 Å². The van der Waals surface area contributed by atoms with Crippen LogP contribution in [0, 0.1) is 16.2 Å². The number of hydrogen-bond acceptors (Lipinski definition) is 5. The van der Waals surface area contributed by atoms with Gasteiger partial charge in [-0.1, -0.05) is 13.8 Å². The number of ether oxygens (including phenoxy) is 1. The zero-order valence-electron chi connectivity index (χ0n) is 10.5. The molecule has 0 unspecified atom stereocenters. The van der Waals surface area contributed by atoms with Crippen LogP contribution in [0.4, 0.5) is 0 Å². The maximum Gasteiger partial charge on any atom is 0.311 e. The van der Waals surface area contributed by atoms with E-state index in [1.54, 1.807) is 0 Å². The van der Waals surface area contributed by atoms with E-state index < -0.39 is 5.41 Å². The Morgan fingerprint density at radius 2 is 1.81 bits per heavy atom. The molecule has 0 bridgehead atoms. The fraction of sp³-hybridized carbons (Fsp3) is 0.909. The molecule has 0 spiro atoms. The third-order valence-corrected chi connectivity index (χ3v) is 2.89. The molecule has 0 aromatic rings. The predicted molar refractivity (Wildman–Crippen MR) is 60.6 cm³/mol. The first-order valence-corrected chi connectivity index (χ1v) is 5.54. The van der Waals surface area contributed by atoms with Crippen LogP contribution in [0.2, 0.25) is 0 Å². The van der Waals surface area contributed by atoms with Crippen molar-refractivity contribution in [3.05, 3.63) is 4.91 Å². The zero-order valence-corrected chi connectivity index (χ0v) is 10.5. The highest BCUT2D eigenvalue weighted by Gasteiger charge is 2.32. The summed E-state index contributed by atoms with van der Waals surface area (Å²) in [6, 6.07) is 0. The standard InChI is InChI=1S/C11H21NO4/c1-9(2)11(3,4)10(13)15-7-5-6-8-16-12-14/h9H,5-8H2,1-4H3. The van der Waals surface area contributed by atoms with Crippen LogP contribution in [-0.4, -0.2) is 19.2 Å². The van der Waals surface area contributed by atoms with Gasteiger partial charge in [0.1, 0.15) is 6.61 Å². The molecule has 0 aliphatic carbocycles. The number of carbonyl (C=O) groups is 1. The number of carbonyl (C=O) groups excluding carboxylic acids is 1. The lowest BCUT2D eigenvalue weighted by molar-refractivity contribution is -0.156. The Hall–Kier alpha value is -1.13. The molecule has 0 N–H and O–H groups in total. The molecule has 0 aromatic carbocycles. The van der Waals surface area contributed by atoms with Crippen LogP contribution < -0.4 is 0 Å². The van der Waals surface area contributed by atoms with E-state index in [4.69, 9.17) is 4.74 Å². The normalized spacial score (nSPS) is 11.3. The van der Waals surface area contributed by atoms with Crippen LogP contribution in [0.3, 0.4) is 0 Å². The molecule has 0 saturated heterocycles. The summed E-state index contributed by atoms with van der Waals surface area (Å²) in [5.41, 5.74) is -0.457. The average molecular weight is 231 g/mol. The van der Waals surface area contributed by atoms with Crippen molar-refractivity contribution in [1.29, 1.82) is 0 Å². The minimum absolute atomic E-state index is 0.183. The van der Waals surface area contributed by atoms with Gasteiger partial charge < -0.3 is 9.57 Å². The van der Waals surface area contributed by atoms with E-state index in [1.165, 1.54) is 0 Å². The second-order valence-electron chi connectivity index (χ2n) is 4.63. The lowest BCUT2D eigenvalue weighted by atomic mass is 9.81. The van der Waals surface area contributed by atoms with Gasteiger partial charge in [0.05, 0.1) is 12.0 Å². The van der Waals surface area contributed by atoms with Crippen molar-refractivity contribution in [2.45, 2.75) is 40.5 Å². The first kappa shape index (κ1) is 14.9. The summed E-state index contributed by atoms with van der Waals surface area (Å²) in [4.78, 5) is 25.5. The summed E-state index contributed by atoms with van der Waals surface area (Å²) in [5.74, 6) is 0.0551. The van der Waals surface area contributed by atoms with E-state index in [1.807, 2.05) is 27.7 Å². The second kappa shape index (κ2) is 7.19. The molecular formula is C11H21NO4. The highest BCUT2D eigenvalue weighted by Crippen LogP contribution is 2.27. The summed E-state index contributed by atoms with van der Waals surface area (Å²) in [7, 11) is 0. The molecule has 0 rings (SSSR count). The largest absolute Gasteiger partial charge is 0.465 e. The van der Waals surface area contributed by atoms with Gasteiger partial charge in [-0.2, -0.15) is 0 Å². The van der Waals surface area contributed by atoms with Crippen LogP contribution in [0.1, 0.15) is 40.5 Å². The molecule has 5 heteroatoms. The smallest absolute Gasteiger partial charge is 0.311 e. The SMILES string of the molecule is CC(C)C(C)(C)C(=O)OCCCCON=O. The lowest BCUT2D eigenvalue weighted by Gasteiger charge is -2.26. The van der Waals surface area contributed by atoms with E-state index in [2.05, 4.69) is 10.2 Å². The topological polar surface area (TPSA) is 65.0 Å². The Morgan fingerprint density at radius 1 is 1.25 bits per heavy atom. The highest BCUT2D eigenvalue weighted by molar-refractivity contribution is 5.76. The maximum atomic E-state index is 11.7. The van der Waals surface area contributed by atoms with Gasteiger partial charge in [0.25, 0.3) is 0 Å². The summed E-state index contributed by atoms with van der Waals surface area (Å²) >= 11 is 0. The van der Waals surface area contributed by atoms with Crippen molar-refractivity contribution < 1.29 is 14.4 Å². The van der Waals surface area contributed by atoms with Crippen LogP contribution in [0.5, 0.6) is 0 Å². The van der Waals surface area contributed by atoms with Crippen molar-refractivity contribution in [2.24, 2.45) is 16.7 Å². The van der Waals surface area contributed by atoms with Gasteiger partial charge >= 0.3 is 5.97 Å². The molecule has 0 amide bonds. The second-order valence-corrected chi connectivity index (χ2v) is 4.63. The number of nitrogens with zero attached hydrogens (tertiary/aromatic N) is 1. The van der Waals surface area contributed by atoms with Crippen LogP contribution >= 0.6 is 0 Å². The highest BCUT2D eigenvalue weighted by atomic mass is 16.7. The fourth-order valence-electron chi connectivity index (χ4n) is 0.893. The Kier molecular flexibility index (Phi) is 6.69. The van der Waals surface area contributed by atoms with Gasteiger partial charge in [0, 0.05) is 0 Å². The molecular weight excluding hydrogens is 210 g/mol. The van der Waals surface area contributed by atoms with E-state index in [0.29, 0.717) is 19.4 Å². The van der Waals surface area contributed by atoms with Crippen LogP contribution in [0.25, 0.3) is 0 Å². The Balaban J connectivity index is 3.69. The lowest BCUT2D eigenvalue weighted by Crippen LogP contribution is -2.32. The third-order valence-electron chi connectivity index (χ3n) is 2.89. The van der Waals surface area contributed by atoms with Crippen molar-refractivity contribution in [2.75, 3.05) is 13.2 Å². The summed E-state index contributed by atoms with van der Waals surface area (Å²) in [6.07, 6.45) is 1.33. The first-order valence-electron chi connectivity index (χ1n) is 5.54. The first-order chi connectivity index (χ1) is 7.42. The van der Waals surface area contributed by atoms with Gasteiger partial charge in [-0.25, -0.2) is 0 Å². The Bertz CT molecular complexity index is 226. The molecule has 0 atom stereocenters. The van der Waals surface area contributed by atoms with Gasteiger partial charge in [-0.15, -0.1) is 4.91 Å². The number of hydrogen-bond donors (Lipinski definition) is 0. The molecule has 0 heterocycles. The molecule has 0 saturated carbocycles.